The van der Waals surface area contributed by atoms with Crippen molar-refractivity contribution in [2.24, 2.45) is 0 Å². The number of hydrogen-bond acceptors (Lipinski definition) is 0. The number of rotatable bonds is 8. The molecular formula is C12H18Br4Si2. The Bertz CT molecular complexity index is 298. The minimum atomic E-state index is -0.0980. The first-order valence-corrected chi connectivity index (χ1v) is 13.6. The lowest BCUT2D eigenvalue weighted by atomic mass is 10.4. The van der Waals surface area contributed by atoms with Crippen LogP contribution in [0.25, 0.3) is 0 Å². The van der Waals surface area contributed by atoms with Gasteiger partial charge in [-0.25, -0.2) is 0 Å². The largest absolute Gasteiger partial charge is 0.0916 e. The van der Waals surface area contributed by atoms with Gasteiger partial charge in [0, 0.05) is 20.3 Å². The molecule has 0 N–H and O–H groups in total. The van der Waals surface area contributed by atoms with E-state index in [1.54, 1.807) is 10.4 Å². The molecule has 0 amide bonds. The van der Waals surface area contributed by atoms with Crippen molar-refractivity contribution in [1.82, 2.24) is 0 Å². The summed E-state index contributed by atoms with van der Waals surface area (Å²) < 4.78 is 0. The molecule has 0 heterocycles. The number of halogens is 4. The minimum Gasteiger partial charge on any atom is -0.0916 e. The van der Waals surface area contributed by atoms with Crippen molar-refractivity contribution < 1.29 is 0 Å². The van der Waals surface area contributed by atoms with Crippen LogP contribution >= 0.6 is 63.7 Å². The molecule has 6 heteroatoms. The van der Waals surface area contributed by atoms with Gasteiger partial charge >= 0.3 is 0 Å². The average molecular weight is 538 g/mol. The molecule has 0 aliphatic heterocycles. The molecule has 0 fully saturated rings. The molecule has 1 aromatic rings. The van der Waals surface area contributed by atoms with Crippen molar-refractivity contribution in [1.29, 1.82) is 0 Å². The maximum absolute atomic E-state index is 3.68. The molecule has 0 nitrogen and oxygen atoms in total. The average Bonchev–Trinajstić information content (AvgIpc) is 2.43. The summed E-state index contributed by atoms with van der Waals surface area (Å²) in [7, 11) is -0.196. The van der Waals surface area contributed by atoms with E-state index in [1.165, 1.54) is 12.1 Å². The highest BCUT2D eigenvalue weighted by molar-refractivity contribution is 9.12. The molecule has 0 radical (unpaired) electrons. The highest BCUT2D eigenvalue weighted by atomic mass is 79.9. The van der Waals surface area contributed by atoms with E-state index >= 15 is 0 Å². The molecule has 0 saturated carbocycles. The minimum absolute atomic E-state index is 0.0980. The Labute approximate surface area is 148 Å². The molecular weight excluding hydrogens is 520 g/mol. The summed E-state index contributed by atoms with van der Waals surface area (Å²) in [5.74, 6) is 0. The van der Waals surface area contributed by atoms with Crippen molar-refractivity contribution in [3.63, 3.8) is 0 Å². The van der Waals surface area contributed by atoms with Gasteiger partial charge in [-0.3, -0.25) is 0 Å². The monoisotopic (exact) mass is 534 g/mol. The molecule has 0 aliphatic carbocycles. The summed E-state index contributed by atoms with van der Waals surface area (Å²) in [5, 5.41) is 5.30. The highest BCUT2D eigenvalue weighted by Crippen LogP contribution is 2.08. The van der Waals surface area contributed by atoms with Crippen LogP contribution in [0.2, 0.25) is 12.1 Å². The topological polar surface area (TPSA) is 0 Å². The van der Waals surface area contributed by atoms with E-state index in [0.717, 1.165) is 10.7 Å². The van der Waals surface area contributed by atoms with Gasteiger partial charge in [-0.1, -0.05) is 98.4 Å². The fourth-order valence-corrected chi connectivity index (χ4v) is 7.73. The van der Waals surface area contributed by atoms with E-state index in [1.807, 2.05) is 0 Å². The Kier molecular flexibility index (Phi) is 10.1. The van der Waals surface area contributed by atoms with Gasteiger partial charge in [-0.15, -0.1) is 0 Å². The summed E-state index contributed by atoms with van der Waals surface area (Å²) >= 11 is 14.4. The highest BCUT2D eigenvalue weighted by Gasteiger charge is 2.05. The first-order valence-electron chi connectivity index (χ1n) is 6.13. The fourth-order valence-electron chi connectivity index (χ4n) is 1.67. The van der Waals surface area contributed by atoms with Gasteiger partial charge in [0.25, 0.3) is 0 Å². The first kappa shape index (κ1) is 17.6. The van der Waals surface area contributed by atoms with Crippen LogP contribution in [0, 0.1) is 0 Å². The number of hydrogen-bond donors (Lipinski definition) is 0. The van der Waals surface area contributed by atoms with E-state index in [4.69, 9.17) is 0 Å². The molecule has 18 heavy (non-hydrogen) atoms. The second-order valence-corrected chi connectivity index (χ2v) is 12.1. The number of alkyl halides is 4. The van der Waals surface area contributed by atoms with Crippen molar-refractivity contribution in [3.8, 4) is 0 Å². The van der Waals surface area contributed by atoms with Crippen LogP contribution in [0.4, 0.5) is 0 Å². The molecule has 2 atom stereocenters. The van der Waals surface area contributed by atoms with Crippen LogP contribution < -0.4 is 10.4 Å². The lowest BCUT2D eigenvalue weighted by Crippen LogP contribution is -2.23. The van der Waals surface area contributed by atoms with Crippen LogP contribution in [0.15, 0.2) is 24.3 Å². The molecule has 0 spiro atoms. The van der Waals surface area contributed by atoms with Crippen molar-refractivity contribution in [2.45, 2.75) is 21.7 Å². The molecule has 1 aromatic carbocycles. The van der Waals surface area contributed by atoms with Gasteiger partial charge < -0.3 is 0 Å². The van der Waals surface area contributed by atoms with Gasteiger partial charge in [-0.05, 0) is 12.1 Å². The van der Waals surface area contributed by atoms with Crippen molar-refractivity contribution in [2.75, 3.05) is 10.7 Å². The molecule has 0 bridgehead atoms. The summed E-state index contributed by atoms with van der Waals surface area (Å²) in [6.07, 6.45) is 0. The smallest absolute Gasteiger partial charge is 0.0558 e. The predicted molar refractivity (Wildman–Crippen MR) is 105 cm³/mol. The first-order chi connectivity index (χ1) is 8.65. The van der Waals surface area contributed by atoms with Gasteiger partial charge in [0.05, 0.1) is 19.0 Å². The van der Waals surface area contributed by atoms with Crippen LogP contribution in [0.1, 0.15) is 0 Å². The Hall–Kier alpha value is 1.57. The van der Waals surface area contributed by atoms with Crippen LogP contribution in [-0.2, 0) is 0 Å². The predicted octanol–water partition coefficient (Wildman–Crippen LogP) is 2.43. The third kappa shape index (κ3) is 7.38. The SMILES string of the molecule is BrCC(Br)C[SiH2]c1ccc([SiH2]CC(Br)CBr)cc1. The lowest BCUT2D eigenvalue weighted by molar-refractivity contribution is 1.15. The maximum Gasteiger partial charge on any atom is 0.0558 e. The van der Waals surface area contributed by atoms with E-state index < -0.39 is 0 Å². The standard InChI is InChI=1S/C12H18Br4Si2/c13-5-9(15)7-17-11-1-2-12(4-3-11)18-8-10(16)6-14/h1-4,9-10H,5-8,17-18H2. The quantitative estimate of drug-likeness (QED) is 0.353. The summed E-state index contributed by atoms with van der Waals surface area (Å²) in [6, 6.07) is 12.1. The van der Waals surface area contributed by atoms with Gasteiger partial charge in [0.1, 0.15) is 0 Å². The lowest BCUT2D eigenvalue weighted by Gasteiger charge is -2.07. The molecule has 2 unspecified atom stereocenters. The molecule has 0 aromatic heterocycles. The van der Waals surface area contributed by atoms with Gasteiger partial charge in [-0.2, -0.15) is 0 Å². The number of benzene rings is 1. The molecule has 1 rings (SSSR count). The van der Waals surface area contributed by atoms with E-state index in [2.05, 4.69) is 88.0 Å². The summed E-state index contributed by atoms with van der Waals surface area (Å²) in [4.78, 5) is 1.29. The zero-order valence-corrected chi connectivity index (χ0v) is 19.4. The zero-order chi connectivity index (χ0) is 13.4. The summed E-state index contributed by atoms with van der Waals surface area (Å²) in [5.41, 5.74) is 0. The molecule has 102 valence electrons. The van der Waals surface area contributed by atoms with Crippen LogP contribution in [-0.4, -0.2) is 39.4 Å². The van der Waals surface area contributed by atoms with Gasteiger partial charge in [0.15, 0.2) is 0 Å². The Morgan fingerprint density at radius 3 is 1.39 bits per heavy atom. The molecule has 0 saturated heterocycles. The van der Waals surface area contributed by atoms with E-state index in [0.29, 0.717) is 9.65 Å². The second-order valence-electron chi connectivity index (χ2n) is 4.40. The van der Waals surface area contributed by atoms with E-state index in [-0.39, 0.29) is 19.0 Å². The van der Waals surface area contributed by atoms with Crippen LogP contribution in [0.5, 0.6) is 0 Å². The Morgan fingerprint density at radius 1 is 0.778 bits per heavy atom. The fraction of sp³-hybridized carbons (Fsp3) is 0.500. The Morgan fingerprint density at radius 2 is 1.11 bits per heavy atom. The van der Waals surface area contributed by atoms with Crippen molar-refractivity contribution >= 4 is 93.1 Å². The normalized spacial score (nSPS) is 15.8. The second kappa shape index (κ2) is 10.3. The summed E-state index contributed by atoms with van der Waals surface area (Å²) in [6.45, 7) is 0. The van der Waals surface area contributed by atoms with Crippen molar-refractivity contribution in [3.05, 3.63) is 24.3 Å². The molecule has 0 aliphatic rings. The zero-order valence-electron chi connectivity index (χ0n) is 10.2. The third-order valence-corrected chi connectivity index (χ3v) is 13.5. The van der Waals surface area contributed by atoms with Crippen LogP contribution in [0.3, 0.4) is 0 Å². The maximum atomic E-state index is 3.68. The third-order valence-electron chi connectivity index (χ3n) is 2.85. The Balaban J connectivity index is 2.37. The van der Waals surface area contributed by atoms with Gasteiger partial charge in [0.2, 0.25) is 0 Å². The van der Waals surface area contributed by atoms with E-state index in [9.17, 15) is 0 Å².